The van der Waals surface area contributed by atoms with E-state index in [0.29, 0.717) is 41.1 Å². The lowest BCUT2D eigenvalue weighted by Crippen LogP contribution is -2.65. The third-order valence-electron chi connectivity index (χ3n) is 13.8. The van der Waals surface area contributed by atoms with Gasteiger partial charge >= 0.3 is 5.97 Å². The van der Waals surface area contributed by atoms with Crippen LogP contribution in [0.2, 0.25) is 0 Å². The van der Waals surface area contributed by atoms with Gasteiger partial charge in [-0.25, -0.2) is 0 Å². The van der Waals surface area contributed by atoms with Crippen molar-refractivity contribution in [2.75, 3.05) is 14.2 Å². The van der Waals surface area contributed by atoms with Gasteiger partial charge in [0.2, 0.25) is 0 Å². The molecule has 4 saturated carbocycles. The second kappa shape index (κ2) is 8.08. The van der Waals surface area contributed by atoms with Gasteiger partial charge in [-0.15, -0.1) is 0 Å². The van der Waals surface area contributed by atoms with E-state index in [-0.39, 0.29) is 27.6 Å². The molecular formula is C32H52O3. The molecule has 0 heterocycles. The lowest BCUT2D eigenvalue weighted by atomic mass is 9.33. The topological polar surface area (TPSA) is 35.5 Å². The van der Waals surface area contributed by atoms with Gasteiger partial charge < -0.3 is 9.47 Å². The lowest BCUT2D eigenvalue weighted by molar-refractivity contribution is -0.210. The van der Waals surface area contributed by atoms with Crippen molar-refractivity contribution in [3.8, 4) is 0 Å². The molecule has 0 radical (unpaired) electrons. The van der Waals surface area contributed by atoms with Crippen molar-refractivity contribution in [3.05, 3.63) is 11.6 Å². The van der Waals surface area contributed by atoms with Gasteiger partial charge in [-0.1, -0.05) is 60.1 Å². The molecule has 0 saturated heterocycles. The molecule has 10 atom stereocenters. The molecule has 35 heavy (non-hydrogen) atoms. The Hall–Kier alpha value is -0.830. The zero-order valence-corrected chi connectivity index (χ0v) is 24.1. The van der Waals surface area contributed by atoms with E-state index in [1.165, 1.54) is 32.1 Å². The number of carbonyl (C=O) groups excluding carboxylic acids is 1. The molecule has 4 fully saturated rings. The van der Waals surface area contributed by atoms with Crippen LogP contribution in [0, 0.1) is 56.7 Å². The van der Waals surface area contributed by atoms with Crippen molar-refractivity contribution in [1.29, 1.82) is 0 Å². The molecule has 2 unspecified atom stereocenters. The van der Waals surface area contributed by atoms with Gasteiger partial charge in [-0.05, 0) is 109 Å². The van der Waals surface area contributed by atoms with Crippen molar-refractivity contribution >= 4 is 5.97 Å². The first-order valence-corrected chi connectivity index (χ1v) is 14.7. The van der Waals surface area contributed by atoms with Crippen LogP contribution in [0.25, 0.3) is 0 Å². The normalized spacial score (nSPS) is 52.8. The van der Waals surface area contributed by atoms with Gasteiger partial charge in [0.05, 0.1) is 18.6 Å². The van der Waals surface area contributed by atoms with Gasteiger partial charge in [-0.2, -0.15) is 0 Å². The molecule has 0 bridgehead atoms. The Morgan fingerprint density at radius 3 is 2.26 bits per heavy atom. The SMILES string of the molecule is COC(=O)[C@]12CC[C@@H](C)[C@H](C)[C@H]1C1=CCC3[C@@]4(C)CC[C@H](OC)C(C)(C)C4CC[C@@]3(C)[C@]1(C)CC2. The van der Waals surface area contributed by atoms with E-state index < -0.39 is 0 Å². The van der Waals surface area contributed by atoms with Crippen LogP contribution in [0.4, 0.5) is 0 Å². The molecule has 0 aliphatic heterocycles. The van der Waals surface area contributed by atoms with E-state index >= 15 is 0 Å². The number of allylic oxidation sites excluding steroid dienone is 2. The van der Waals surface area contributed by atoms with E-state index in [4.69, 9.17) is 9.47 Å². The molecule has 3 heteroatoms. The summed E-state index contributed by atoms with van der Waals surface area (Å²) in [6.07, 6.45) is 13.5. The van der Waals surface area contributed by atoms with Gasteiger partial charge in [0.1, 0.15) is 0 Å². The highest BCUT2D eigenvalue weighted by Gasteiger charge is 2.69. The summed E-state index contributed by atoms with van der Waals surface area (Å²) in [6.45, 7) is 17.7. The Bertz CT molecular complexity index is 904. The molecule has 0 amide bonds. The number of methoxy groups -OCH3 is 2. The van der Waals surface area contributed by atoms with Gasteiger partial charge in [0, 0.05) is 7.11 Å². The first-order valence-electron chi connectivity index (χ1n) is 14.7. The Morgan fingerprint density at radius 1 is 0.886 bits per heavy atom. The summed E-state index contributed by atoms with van der Waals surface area (Å²) in [5.41, 5.74) is 2.33. The molecule has 0 aromatic heterocycles. The van der Waals surface area contributed by atoms with Gasteiger partial charge in [0.15, 0.2) is 0 Å². The highest BCUT2D eigenvalue weighted by Crippen LogP contribution is 2.75. The van der Waals surface area contributed by atoms with Crippen molar-refractivity contribution < 1.29 is 14.3 Å². The van der Waals surface area contributed by atoms with Crippen LogP contribution in [-0.4, -0.2) is 26.3 Å². The van der Waals surface area contributed by atoms with Crippen LogP contribution in [0.15, 0.2) is 11.6 Å². The highest BCUT2D eigenvalue weighted by molar-refractivity contribution is 5.78. The Kier molecular flexibility index (Phi) is 5.96. The molecule has 0 aromatic carbocycles. The summed E-state index contributed by atoms with van der Waals surface area (Å²) < 4.78 is 11.6. The molecule has 0 N–H and O–H groups in total. The fourth-order valence-corrected chi connectivity index (χ4v) is 11.4. The number of hydrogen-bond donors (Lipinski definition) is 0. The minimum absolute atomic E-state index is 0.0618. The number of hydrogen-bond acceptors (Lipinski definition) is 3. The summed E-state index contributed by atoms with van der Waals surface area (Å²) in [6, 6.07) is 0. The second-order valence-electron chi connectivity index (χ2n) is 14.9. The Labute approximate surface area is 215 Å². The van der Waals surface area contributed by atoms with E-state index in [2.05, 4.69) is 54.5 Å². The van der Waals surface area contributed by atoms with Crippen molar-refractivity contribution in [2.45, 2.75) is 112 Å². The quantitative estimate of drug-likeness (QED) is 0.296. The van der Waals surface area contributed by atoms with E-state index in [1.807, 2.05) is 7.11 Å². The fourth-order valence-electron chi connectivity index (χ4n) is 11.4. The number of rotatable bonds is 2. The largest absolute Gasteiger partial charge is 0.469 e. The molecule has 198 valence electrons. The average Bonchev–Trinajstić information content (AvgIpc) is 2.81. The number of carbonyl (C=O) groups is 1. The fraction of sp³-hybridized carbons (Fsp3) is 0.906. The monoisotopic (exact) mass is 484 g/mol. The molecular weight excluding hydrogens is 432 g/mol. The summed E-state index contributed by atoms with van der Waals surface area (Å²) in [5, 5.41) is 0. The van der Waals surface area contributed by atoms with Crippen LogP contribution in [0.5, 0.6) is 0 Å². The van der Waals surface area contributed by atoms with Crippen LogP contribution >= 0.6 is 0 Å². The predicted molar refractivity (Wildman–Crippen MR) is 142 cm³/mol. The molecule has 5 aliphatic rings. The molecule has 0 spiro atoms. The zero-order chi connectivity index (χ0) is 25.6. The van der Waals surface area contributed by atoms with Crippen LogP contribution in [0.3, 0.4) is 0 Å². The maximum absolute atomic E-state index is 13.4. The third-order valence-corrected chi connectivity index (χ3v) is 13.8. The summed E-state index contributed by atoms with van der Waals surface area (Å²) >= 11 is 0. The Balaban J connectivity index is 1.60. The first kappa shape index (κ1) is 25.8. The minimum Gasteiger partial charge on any atom is -0.469 e. The molecule has 5 aliphatic carbocycles. The smallest absolute Gasteiger partial charge is 0.312 e. The van der Waals surface area contributed by atoms with E-state index in [9.17, 15) is 4.79 Å². The second-order valence-corrected chi connectivity index (χ2v) is 14.9. The van der Waals surface area contributed by atoms with Gasteiger partial charge in [-0.3, -0.25) is 4.79 Å². The Morgan fingerprint density at radius 2 is 1.60 bits per heavy atom. The lowest BCUT2D eigenvalue weighted by Gasteiger charge is -2.71. The standard InChI is InChI=1S/C32H52O3/c1-20-12-17-32(27(33)35-9)19-18-30(6)22(26(32)21(20)2)10-11-24-29(5)15-14-25(34-8)28(3,4)23(29)13-16-31(24,30)7/h10,20-21,23-26H,11-19H2,1-9H3/t20-,21+,23?,24?,25+,26+,29+,30-,31-,32+/m1/s1. The van der Waals surface area contributed by atoms with Crippen LogP contribution < -0.4 is 0 Å². The molecule has 5 rings (SSSR count). The van der Waals surface area contributed by atoms with Crippen molar-refractivity contribution in [2.24, 2.45) is 56.7 Å². The summed E-state index contributed by atoms with van der Waals surface area (Å²) in [4.78, 5) is 13.4. The minimum atomic E-state index is -0.311. The highest BCUT2D eigenvalue weighted by atomic mass is 16.5. The third kappa shape index (κ3) is 3.09. The van der Waals surface area contributed by atoms with Gasteiger partial charge in [0.25, 0.3) is 0 Å². The molecule has 3 nitrogen and oxygen atoms in total. The number of fused-ring (bicyclic) bond motifs is 7. The predicted octanol–water partition coefficient (Wildman–Crippen LogP) is 7.83. The first-order chi connectivity index (χ1) is 16.3. The maximum atomic E-state index is 13.4. The molecule has 0 aromatic rings. The van der Waals surface area contributed by atoms with Crippen molar-refractivity contribution in [3.63, 3.8) is 0 Å². The van der Waals surface area contributed by atoms with E-state index in [1.54, 1.807) is 12.7 Å². The number of esters is 1. The van der Waals surface area contributed by atoms with Crippen LogP contribution in [-0.2, 0) is 14.3 Å². The zero-order valence-electron chi connectivity index (χ0n) is 24.1. The van der Waals surface area contributed by atoms with Crippen LogP contribution in [0.1, 0.15) is 106 Å². The summed E-state index contributed by atoms with van der Waals surface area (Å²) in [5.74, 6) is 2.98. The number of ether oxygens (including phenoxy) is 2. The average molecular weight is 485 g/mol. The summed E-state index contributed by atoms with van der Waals surface area (Å²) in [7, 11) is 3.53. The van der Waals surface area contributed by atoms with Crippen molar-refractivity contribution in [1.82, 2.24) is 0 Å². The maximum Gasteiger partial charge on any atom is 0.312 e. The van der Waals surface area contributed by atoms with E-state index in [0.717, 1.165) is 25.7 Å².